The Kier molecular flexibility index (Phi) is 6.68. The molecule has 172 valence electrons. The highest BCUT2D eigenvalue weighted by atomic mass is 32.2. The van der Waals surface area contributed by atoms with E-state index in [1.54, 1.807) is 6.07 Å². The Labute approximate surface area is 186 Å². The minimum atomic E-state index is -5.53. The van der Waals surface area contributed by atoms with E-state index < -0.39 is 40.6 Å². The van der Waals surface area contributed by atoms with Crippen LogP contribution in [-0.4, -0.2) is 62.5 Å². The maximum absolute atomic E-state index is 13.3. The first-order valence-electron chi connectivity index (χ1n) is 9.07. The number of terminal acetylenes is 1. The van der Waals surface area contributed by atoms with Crippen molar-refractivity contribution < 1.29 is 35.9 Å². The molecule has 0 spiro atoms. The van der Waals surface area contributed by atoms with Crippen LogP contribution >= 0.6 is 11.3 Å². The highest BCUT2D eigenvalue weighted by Gasteiger charge is 2.52. The number of aromatic nitrogens is 1. The summed E-state index contributed by atoms with van der Waals surface area (Å²) in [5, 5.41) is 1.69. The van der Waals surface area contributed by atoms with Gasteiger partial charge in [-0.25, -0.2) is 13.4 Å². The van der Waals surface area contributed by atoms with Gasteiger partial charge in [0.2, 0.25) is 0 Å². The molecule has 32 heavy (non-hydrogen) atoms. The van der Waals surface area contributed by atoms with E-state index in [4.69, 9.17) is 15.9 Å². The number of thiazole rings is 1. The summed E-state index contributed by atoms with van der Waals surface area (Å²) in [6.45, 7) is -0.941. The van der Waals surface area contributed by atoms with Crippen LogP contribution in [0.15, 0.2) is 23.6 Å². The first-order valence-corrected chi connectivity index (χ1v) is 11.4. The van der Waals surface area contributed by atoms with E-state index in [1.807, 2.05) is 0 Å². The van der Waals surface area contributed by atoms with E-state index in [0.717, 1.165) is 11.3 Å². The normalized spacial score (nSPS) is 17.1. The van der Waals surface area contributed by atoms with Crippen molar-refractivity contribution in [2.75, 3.05) is 32.2 Å². The number of hydrogen-bond acceptors (Lipinski definition) is 7. The van der Waals surface area contributed by atoms with Gasteiger partial charge in [0.15, 0.2) is 5.01 Å². The first-order chi connectivity index (χ1) is 15.0. The molecule has 0 N–H and O–H groups in total. The van der Waals surface area contributed by atoms with E-state index in [0.29, 0.717) is 15.8 Å². The van der Waals surface area contributed by atoms with Gasteiger partial charge in [0.05, 0.1) is 25.9 Å². The van der Waals surface area contributed by atoms with Crippen LogP contribution in [0.3, 0.4) is 0 Å². The molecule has 1 amide bonds. The van der Waals surface area contributed by atoms with Crippen molar-refractivity contribution in [3.63, 3.8) is 0 Å². The molecular formula is C19H18F3N3O5S2. The van der Waals surface area contributed by atoms with Gasteiger partial charge in [0.25, 0.3) is 5.91 Å². The maximum atomic E-state index is 13.3. The van der Waals surface area contributed by atoms with Crippen LogP contribution in [0, 0.1) is 12.3 Å². The number of sulfonamides is 1. The molecule has 1 saturated heterocycles. The van der Waals surface area contributed by atoms with Gasteiger partial charge in [0.1, 0.15) is 17.2 Å². The second-order valence-corrected chi connectivity index (χ2v) is 9.47. The summed E-state index contributed by atoms with van der Waals surface area (Å²) in [5.41, 5.74) is -5.20. The number of carbonyl (C=O) groups excluding carboxylic acids is 1. The van der Waals surface area contributed by atoms with Gasteiger partial charge in [-0.05, 0) is 12.3 Å². The standard InChI is InChI=1S/C19H18F3N3O5S2/c1-4-17-23-16(11-31-17)18(26)25(13-7-14(29-2)9-15(8-13)30-3)12-5-6-24(10-12)32(27,28)19(20,21)22/h1,7-9,11-12H,5-6,10H2,2-3H3/t12-/m1/s1. The number of benzene rings is 1. The Morgan fingerprint density at radius 2 is 1.91 bits per heavy atom. The van der Waals surface area contributed by atoms with Crippen LogP contribution in [0.25, 0.3) is 0 Å². The van der Waals surface area contributed by atoms with Crippen LogP contribution in [0.5, 0.6) is 11.5 Å². The van der Waals surface area contributed by atoms with E-state index in [9.17, 15) is 26.4 Å². The maximum Gasteiger partial charge on any atom is 0.511 e. The molecule has 0 radical (unpaired) electrons. The summed E-state index contributed by atoms with van der Waals surface area (Å²) in [4.78, 5) is 18.6. The average Bonchev–Trinajstić information content (AvgIpc) is 3.43. The lowest BCUT2D eigenvalue weighted by Crippen LogP contribution is -2.45. The summed E-state index contributed by atoms with van der Waals surface area (Å²) in [6, 6.07) is 3.65. The molecule has 0 aliphatic carbocycles. The number of alkyl halides is 3. The van der Waals surface area contributed by atoms with Crippen LogP contribution in [-0.2, 0) is 10.0 Å². The van der Waals surface area contributed by atoms with E-state index in [-0.39, 0.29) is 22.8 Å². The van der Waals surface area contributed by atoms with Crippen LogP contribution in [0.4, 0.5) is 18.9 Å². The predicted octanol–water partition coefficient (Wildman–Crippen LogP) is 2.71. The van der Waals surface area contributed by atoms with Crippen molar-refractivity contribution in [2.45, 2.75) is 18.0 Å². The number of methoxy groups -OCH3 is 2. The van der Waals surface area contributed by atoms with Crippen LogP contribution < -0.4 is 14.4 Å². The molecule has 1 fully saturated rings. The third kappa shape index (κ3) is 4.52. The molecule has 3 rings (SSSR count). The summed E-state index contributed by atoms with van der Waals surface area (Å²) < 4.78 is 73.6. The third-order valence-corrected chi connectivity index (χ3v) is 7.17. The molecule has 2 aromatic rings. The summed E-state index contributed by atoms with van der Waals surface area (Å²) in [7, 11) is -2.73. The fourth-order valence-electron chi connectivity index (χ4n) is 3.27. The van der Waals surface area contributed by atoms with Crippen molar-refractivity contribution in [3.05, 3.63) is 34.3 Å². The number of nitrogens with zero attached hydrogens (tertiary/aromatic N) is 3. The zero-order chi connectivity index (χ0) is 23.7. The van der Waals surface area contributed by atoms with E-state index >= 15 is 0 Å². The van der Waals surface area contributed by atoms with Crippen molar-refractivity contribution in [2.24, 2.45) is 0 Å². The second kappa shape index (κ2) is 8.97. The minimum absolute atomic E-state index is 0.0122. The van der Waals surface area contributed by atoms with Gasteiger partial charge < -0.3 is 14.4 Å². The molecule has 13 heteroatoms. The lowest BCUT2D eigenvalue weighted by atomic mass is 10.1. The molecule has 8 nitrogen and oxygen atoms in total. The number of halogens is 3. The molecule has 1 aromatic heterocycles. The van der Waals surface area contributed by atoms with Crippen molar-refractivity contribution in [3.8, 4) is 23.8 Å². The topological polar surface area (TPSA) is 89.0 Å². The Morgan fingerprint density at radius 3 is 2.41 bits per heavy atom. The average molecular weight is 489 g/mol. The Bertz CT molecular complexity index is 1140. The largest absolute Gasteiger partial charge is 0.511 e. The summed E-state index contributed by atoms with van der Waals surface area (Å²) >= 11 is 1.06. The molecule has 0 bridgehead atoms. The molecule has 0 unspecified atom stereocenters. The number of carbonyl (C=O) groups is 1. The van der Waals surface area contributed by atoms with Gasteiger partial charge in [-0.1, -0.05) is 0 Å². The molecule has 1 aliphatic heterocycles. The van der Waals surface area contributed by atoms with Crippen molar-refractivity contribution in [1.29, 1.82) is 0 Å². The second-order valence-electron chi connectivity index (χ2n) is 6.68. The fourth-order valence-corrected chi connectivity index (χ4v) is 4.88. The quantitative estimate of drug-likeness (QED) is 0.580. The van der Waals surface area contributed by atoms with Gasteiger partial charge in [-0.2, -0.15) is 17.5 Å². The first kappa shape index (κ1) is 23.8. The lowest BCUT2D eigenvalue weighted by molar-refractivity contribution is -0.0483. The van der Waals surface area contributed by atoms with Crippen molar-refractivity contribution in [1.82, 2.24) is 9.29 Å². The number of anilines is 1. The highest BCUT2D eigenvalue weighted by molar-refractivity contribution is 7.90. The monoisotopic (exact) mass is 489 g/mol. The minimum Gasteiger partial charge on any atom is -0.497 e. The molecule has 1 atom stereocenters. The fraction of sp³-hybridized carbons (Fsp3) is 0.368. The smallest absolute Gasteiger partial charge is 0.497 e. The summed E-state index contributed by atoms with van der Waals surface area (Å²) in [5.74, 6) is 2.33. The molecule has 0 saturated carbocycles. The zero-order valence-electron chi connectivity index (χ0n) is 16.9. The van der Waals surface area contributed by atoms with Crippen molar-refractivity contribution >= 4 is 33.0 Å². The SMILES string of the molecule is C#Cc1nc(C(=O)N(c2cc(OC)cc(OC)c2)[C@@H]2CCN(S(=O)(=O)C(F)(F)F)C2)cs1. The number of amides is 1. The van der Waals surface area contributed by atoms with Gasteiger partial charge >= 0.3 is 15.5 Å². The Balaban J connectivity index is 2.04. The number of ether oxygens (including phenoxy) is 2. The molecular weight excluding hydrogens is 471 g/mol. The highest BCUT2D eigenvalue weighted by Crippen LogP contribution is 2.35. The van der Waals surface area contributed by atoms with Gasteiger partial charge in [-0.15, -0.1) is 17.8 Å². The molecule has 2 heterocycles. The molecule has 1 aromatic carbocycles. The number of rotatable bonds is 6. The van der Waals surface area contributed by atoms with Crippen LogP contribution in [0.1, 0.15) is 21.9 Å². The molecule has 1 aliphatic rings. The Hall–Kier alpha value is -2.82. The third-order valence-electron chi connectivity index (χ3n) is 4.80. The summed E-state index contributed by atoms with van der Waals surface area (Å²) in [6.07, 6.45) is 5.29. The predicted molar refractivity (Wildman–Crippen MR) is 111 cm³/mol. The van der Waals surface area contributed by atoms with Crippen LogP contribution in [0.2, 0.25) is 0 Å². The van der Waals surface area contributed by atoms with E-state index in [1.165, 1.54) is 36.6 Å². The van der Waals surface area contributed by atoms with E-state index in [2.05, 4.69) is 10.9 Å². The van der Waals surface area contributed by atoms with Gasteiger partial charge in [0, 0.05) is 36.7 Å². The zero-order valence-corrected chi connectivity index (χ0v) is 18.6. The Morgan fingerprint density at radius 1 is 1.28 bits per heavy atom. The lowest BCUT2D eigenvalue weighted by Gasteiger charge is -2.29. The van der Waals surface area contributed by atoms with Gasteiger partial charge in [-0.3, -0.25) is 4.79 Å². The number of hydrogen-bond donors (Lipinski definition) is 0.